The molecule has 0 spiro atoms. The van der Waals surface area contributed by atoms with Crippen molar-refractivity contribution < 1.29 is 30.3 Å². The third-order valence-corrected chi connectivity index (χ3v) is 9.35. The van der Waals surface area contributed by atoms with Crippen molar-refractivity contribution in [2.24, 2.45) is 5.92 Å². The first-order chi connectivity index (χ1) is 20.8. The van der Waals surface area contributed by atoms with Crippen LogP contribution >= 0.6 is 0 Å². The fourth-order valence-electron chi connectivity index (χ4n) is 5.17. The first kappa shape index (κ1) is 31.9. The van der Waals surface area contributed by atoms with Gasteiger partial charge in [0, 0.05) is 51.3 Å². The normalized spacial score (nSPS) is 12.1. The van der Waals surface area contributed by atoms with Crippen LogP contribution in [0.15, 0.2) is 83.7 Å². The minimum Gasteiger partial charge on any atom is -0.486 e. The summed E-state index contributed by atoms with van der Waals surface area (Å²) in [5.74, 6) is -0.496. The molecule has 1 radical (unpaired) electrons. The molecule has 0 amide bonds. The number of hydrogen-bond donors (Lipinski definition) is 0. The van der Waals surface area contributed by atoms with Crippen molar-refractivity contribution in [2.75, 3.05) is 0 Å². The molecule has 4 nitrogen and oxygen atoms in total. The molecule has 0 aliphatic heterocycles. The van der Waals surface area contributed by atoms with Crippen LogP contribution in [0.1, 0.15) is 46.1 Å². The zero-order valence-electron chi connectivity index (χ0n) is 27.3. The van der Waals surface area contributed by atoms with Gasteiger partial charge in [0.05, 0.1) is 13.7 Å². The maximum Gasteiger partial charge on any atom is 0.216 e. The molecule has 4 aromatic heterocycles. The molecule has 0 aliphatic carbocycles. The molecule has 0 atom stereocenters. The average Bonchev–Trinajstić information content (AvgIpc) is 3.37. The van der Waals surface area contributed by atoms with E-state index in [0.29, 0.717) is 39.2 Å². The third-order valence-electron chi connectivity index (χ3n) is 7.28. The van der Waals surface area contributed by atoms with Crippen molar-refractivity contribution in [3.05, 3.63) is 108 Å². The standard InChI is InChI=1S/C19H14FN2O.C18H24NSi.Ir/c1-11(2)12-7-9-21-16(10-12)13-5-6-15(20)17-14-4-3-8-22-19(14)23-18(13)17;1-14(2)11-16-12-17(15-9-7-6-8-10-15)19-13-18(16)20(3,4)5;/h3-4,6-11H,1-2H3;6-9,12-14H,11H2,1-5H3;/q2*-1;/i11D;;. The largest absolute Gasteiger partial charge is 0.486 e. The molecule has 0 bridgehead atoms. The van der Waals surface area contributed by atoms with E-state index in [-0.39, 0.29) is 20.1 Å². The van der Waals surface area contributed by atoms with Crippen molar-refractivity contribution in [1.29, 1.82) is 0 Å². The van der Waals surface area contributed by atoms with Gasteiger partial charge in [-0.25, -0.2) is 4.98 Å². The van der Waals surface area contributed by atoms with E-state index < -0.39 is 19.8 Å². The SMILES string of the molecule is CC(C)Cc1cc(-c2[c-]cccc2)ncc1[Si](C)(C)C.[2H]C(C)(C)c1ccnc(-c2[c-]cc(F)c3c2oc2ncccc23)c1.[Ir]. The van der Waals surface area contributed by atoms with E-state index in [0.717, 1.165) is 23.2 Å². The van der Waals surface area contributed by atoms with Crippen LogP contribution in [-0.2, 0) is 26.5 Å². The Labute approximate surface area is 276 Å². The summed E-state index contributed by atoms with van der Waals surface area (Å²) >= 11 is 0. The summed E-state index contributed by atoms with van der Waals surface area (Å²) in [4.78, 5) is 13.2. The van der Waals surface area contributed by atoms with Crippen molar-refractivity contribution in [3.8, 4) is 22.5 Å². The third kappa shape index (κ3) is 7.40. The Balaban J connectivity index is 0.000000204. The average molecular weight is 781 g/mol. The van der Waals surface area contributed by atoms with Crippen molar-refractivity contribution in [3.63, 3.8) is 0 Å². The molecule has 0 saturated carbocycles. The summed E-state index contributed by atoms with van der Waals surface area (Å²) in [6.45, 7) is 15.3. The monoisotopic (exact) mass is 781 g/mol. The van der Waals surface area contributed by atoms with E-state index in [1.54, 1.807) is 44.4 Å². The van der Waals surface area contributed by atoms with Gasteiger partial charge in [0.25, 0.3) is 0 Å². The zero-order chi connectivity index (χ0) is 31.6. The first-order valence-electron chi connectivity index (χ1n) is 15.1. The van der Waals surface area contributed by atoms with Gasteiger partial charge in [-0.05, 0) is 58.4 Å². The quantitative estimate of drug-likeness (QED) is 0.125. The minimum absolute atomic E-state index is 0. The number of fused-ring (bicyclic) bond motifs is 3. The minimum atomic E-state index is -1.34. The van der Waals surface area contributed by atoms with Gasteiger partial charge in [0.15, 0.2) is 0 Å². The molecule has 44 heavy (non-hydrogen) atoms. The predicted molar refractivity (Wildman–Crippen MR) is 178 cm³/mol. The Morgan fingerprint density at radius 1 is 0.932 bits per heavy atom. The second kappa shape index (κ2) is 14.1. The van der Waals surface area contributed by atoms with Crippen molar-refractivity contribution >= 4 is 35.3 Å². The molecule has 0 fully saturated rings. The second-order valence-corrected chi connectivity index (χ2v) is 17.5. The fourth-order valence-corrected chi connectivity index (χ4v) is 6.76. The Morgan fingerprint density at radius 3 is 2.41 bits per heavy atom. The topological polar surface area (TPSA) is 51.8 Å². The predicted octanol–water partition coefficient (Wildman–Crippen LogP) is 9.40. The number of rotatable bonds is 6. The van der Waals surface area contributed by atoms with Crippen LogP contribution in [0.25, 0.3) is 44.6 Å². The molecular formula is C37H38FIrN3OSi-2. The number of furan rings is 1. The van der Waals surface area contributed by atoms with Gasteiger partial charge in [0.2, 0.25) is 5.71 Å². The maximum absolute atomic E-state index is 14.3. The van der Waals surface area contributed by atoms with Crippen LogP contribution in [0.5, 0.6) is 0 Å². The van der Waals surface area contributed by atoms with Crippen LogP contribution in [-0.4, -0.2) is 23.0 Å². The van der Waals surface area contributed by atoms with E-state index in [1.807, 2.05) is 24.3 Å². The van der Waals surface area contributed by atoms with Gasteiger partial charge < -0.3 is 14.4 Å². The molecular weight excluding hydrogens is 742 g/mol. The number of pyridine rings is 3. The van der Waals surface area contributed by atoms with E-state index in [9.17, 15) is 4.39 Å². The van der Waals surface area contributed by atoms with Gasteiger partial charge in [-0.1, -0.05) is 76.2 Å². The van der Waals surface area contributed by atoms with E-state index in [4.69, 9.17) is 5.79 Å². The van der Waals surface area contributed by atoms with Gasteiger partial charge in [-0.15, -0.1) is 48.0 Å². The van der Waals surface area contributed by atoms with Crippen LogP contribution in [0, 0.1) is 23.9 Å². The Morgan fingerprint density at radius 2 is 1.73 bits per heavy atom. The molecule has 0 unspecified atom stereocenters. The number of nitrogens with zero attached hydrogens (tertiary/aromatic N) is 3. The molecule has 0 aliphatic rings. The molecule has 0 N–H and O–H groups in total. The first-order valence-corrected chi connectivity index (χ1v) is 18.1. The van der Waals surface area contributed by atoms with Crippen LogP contribution < -0.4 is 5.19 Å². The summed E-state index contributed by atoms with van der Waals surface area (Å²) in [6, 6.07) is 25.0. The summed E-state index contributed by atoms with van der Waals surface area (Å²) in [5, 5.41) is 2.49. The van der Waals surface area contributed by atoms with E-state index >= 15 is 0 Å². The van der Waals surface area contributed by atoms with Crippen LogP contribution in [0.3, 0.4) is 0 Å². The Kier molecular flexibility index (Phi) is 10.2. The second-order valence-electron chi connectivity index (χ2n) is 12.5. The van der Waals surface area contributed by atoms with E-state index in [1.165, 1.54) is 16.8 Å². The molecule has 7 heteroatoms. The zero-order valence-corrected chi connectivity index (χ0v) is 29.6. The van der Waals surface area contributed by atoms with Crippen LogP contribution in [0.2, 0.25) is 19.6 Å². The molecule has 4 heterocycles. The van der Waals surface area contributed by atoms with E-state index in [2.05, 4.69) is 78.9 Å². The van der Waals surface area contributed by atoms with Crippen LogP contribution in [0.4, 0.5) is 4.39 Å². The summed E-state index contributed by atoms with van der Waals surface area (Å²) < 4.78 is 28.3. The molecule has 229 valence electrons. The summed E-state index contributed by atoms with van der Waals surface area (Å²) in [6.07, 6.45) is 6.49. The maximum atomic E-state index is 14.3. The molecule has 6 aromatic rings. The molecule has 2 aromatic carbocycles. The van der Waals surface area contributed by atoms with Crippen molar-refractivity contribution in [1.82, 2.24) is 15.0 Å². The Hall–Kier alpha value is -3.51. The molecule has 6 rings (SSSR count). The van der Waals surface area contributed by atoms with Gasteiger partial charge in [0.1, 0.15) is 0 Å². The van der Waals surface area contributed by atoms with Crippen molar-refractivity contribution in [2.45, 2.75) is 59.7 Å². The Bertz CT molecular complexity index is 1910. The van der Waals surface area contributed by atoms with Gasteiger partial charge in [-0.3, -0.25) is 4.39 Å². The fraction of sp³-hybridized carbons (Fsp3) is 0.270. The molecule has 0 saturated heterocycles. The summed E-state index contributed by atoms with van der Waals surface area (Å²) in [7, 11) is -1.34. The number of benzene rings is 2. The smallest absolute Gasteiger partial charge is 0.216 e. The van der Waals surface area contributed by atoms with Gasteiger partial charge in [-0.2, -0.15) is 0 Å². The summed E-state index contributed by atoms with van der Waals surface area (Å²) in [5.41, 5.74) is 6.32. The number of hydrogen-bond acceptors (Lipinski definition) is 4. The number of aromatic nitrogens is 3. The van der Waals surface area contributed by atoms with Gasteiger partial charge >= 0.3 is 0 Å². The number of halogens is 1.